The smallest absolute Gasteiger partial charge is 0.0683 e. The van der Waals surface area contributed by atoms with Crippen molar-refractivity contribution in [3.05, 3.63) is 239 Å². The van der Waals surface area contributed by atoms with Gasteiger partial charge in [0.1, 0.15) is 0 Å². The van der Waals surface area contributed by atoms with E-state index in [-0.39, 0.29) is 10.8 Å². The minimum absolute atomic E-state index is 0.0979. The van der Waals surface area contributed by atoms with Gasteiger partial charge in [0.05, 0.1) is 11.1 Å². The van der Waals surface area contributed by atoms with E-state index in [0.29, 0.717) is 0 Å². The van der Waals surface area contributed by atoms with E-state index in [1.165, 1.54) is 66.9 Å². The molecule has 0 amide bonds. The SMILES string of the molecule is Cc1ccc(-c2ccc(N(c3ccccc3)c3cccc4c3C3=C(CCC=C3)C43c4ccccc4C(C)(C)c4ccccc43)cc2)cc1.c1ccccc1. The molecule has 1 heteroatoms. The van der Waals surface area contributed by atoms with Gasteiger partial charge in [-0.1, -0.05) is 183 Å². The lowest BCUT2D eigenvalue weighted by atomic mass is 9.54. The molecule has 0 fully saturated rings. The molecular weight excluding hydrogens is 651 g/mol. The molecule has 0 aromatic heterocycles. The fourth-order valence-electron chi connectivity index (χ4n) is 9.33. The van der Waals surface area contributed by atoms with E-state index in [0.717, 1.165) is 24.2 Å². The minimum Gasteiger partial charge on any atom is -0.310 e. The number of hydrogen-bond donors (Lipinski definition) is 0. The van der Waals surface area contributed by atoms with Gasteiger partial charge in [-0.05, 0) is 100 Å². The van der Waals surface area contributed by atoms with Crippen LogP contribution in [0.5, 0.6) is 0 Å². The number of hydrogen-bond acceptors (Lipinski definition) is 1. The highest BCUT2D eigenvalue weighted by atomic mass is 15.1. The van der Waals surface area contributed by atoms with Gasteiger partial charge < -0.3 is 4.90 Å². The largest absolute Gasteiger partial charge is 0.310 e. The Morgan fingerprint density at radius 3 is 1.54 bits per heavy atom. The van der Waals surface area contributed by atoms with Crippen LogP contribution in [0.1, 0.15) is 65.6 Å². The molecule has 3 aliphatic rings. The molecule has 10 rings (SSSR count). The van der Waals surface area contributed by atoms with Gasteiger partial charge in [0, 0.05) is 22.4 Å². The van der Waals surface area contributed by atoms with E-state index in [2.05, 4.69) is 183 Å². The molecule has 0 aliphatic heterocycles. The van der Waals surface area contributed by atoms with Crippen LogP contribution < -0.4 is 4.90 Å². The summed E-state index contributed by atoms with van der Waals surface area (Å²) in [5, 5.41) is 0. The van der Waals surface area contributed by atoms with E-state index in [4.69, 9.17) is 0 Å². The Bertz CT molecular complexity index is 2420. The van der Waals surface area contributed by atoms with Crippen LogP contribution in [0.25, 0.3) is 16.7 Å². The van der Waals surface area contributed by atoms with Crippen LogP contribution in [0.2, 0.25) is 0 Å². The molecule has 0 saturated carbocycles. The summed E-state index contributed by atoms with van der Waals surface area (Å²) in [5.41, 5.74) is 18.2. The van der Waals surface area contributed by atoms with Crippen LogP contribution in [0, 0.1) is 6.92 Å². The van der Waals surface area contributed by atoms with Crippen LogP contribution in [0.3, 0.4) is 0 Å². The topological polar surface area (TPSA) is 3.24 Å². The van der Waals surface area contributed by atoms with Gasteiger partial charge in [0.2, 0.25) is 0 Å². The fourth-order valence-corrected chi connectivity index (χ4v) is 9.33. The number of fused-ring (bicyclic) bond motifs is 8. The Kier molecular flexibility index (Phi) is 8.51. The highest BCUT2D eigenvalue weighted by Gasteiger charge is 2.54. The zero-order valence-corrected chi connectivity index (χ0v) is 31.3. The average molecular weight is 696 g/mol. The van der Waals surface area contributed by atoms with Crippen molar-refractivity contribution in [2.75, 3.05) is 4.90 Å². The molecule has 0 unspecified atom stereocenters. The van der Waals surface area contributed by atoms with Crippen molar-refractivity contribution in [1.29, 1.82) is 0 Å². The summed E-state index contributed by atoms with van der Waals surface area (Å²) in [6.07, 6.45) is 6.90. The van der Waals surface area contributed by atoms with Gasteiger partial charge in [-0.15, -0.1) is 0 Å². The van der Waals surface area contributed by atoms with Gasteiger partial charge in [-0.3, -0.25) is 0 Å². The maximum Gasteiger partial charge on any atom is 0.0683 e. The van der Waals surface area contributed by atoms with Crippen LogP contribution in [0.4, 0.5) is 17.1 Å². The summed E-state index contributed by atoms with van der Waals surface area (Å²) in [4.78, 5) is 2.47. The maximum atomic E-state index is 2.47. The zero-order chi connectivity index (χ0) is 36.7. The number of nitrogens with zero attached hydrogens (tertiary/aromatic N) is 1. The number of aryl methyl sites for hydroxylation is 1. The second kappa shape index (κ2) is 13.7. The highest BCUT2D eigenvalue weighted by molar-refractivity contribution is 5.99. The highest BCUT2D eigenvalue weighted by Crippen LogP contribution is 2.64. The predicted molar refractivity (Wildman–Crippen MR) is 228 cm³/mol. The monoisotopic (exact) mass is 695 g/mol. The summed E-state index contributed by atoms with van der Waals surface area (Å²) in [6.45, 7) is 6.94. The van der Waals surface area contributed by atoms with Crippen molar-refractivity contribution < 1.29 is 0 Å². The lowest BCUT2D eigenvalue weighted by molar-refractivity contribution is 0.550. The van der Waals surface area contributed by atoms with Gasteiger partial charge in [-0.2, -0.15) is 0 Å². The molecule has 0 N–H and O–H groups in total. The minimum atomic E-state index is -0.341. The van der Waals surface area contributed by atoms with Crippen molar-refractivity contribution in [3.63, 3.8) is 0 Å². The van der Waals surface area contributed by atoms with E-state index in [1.54, 1.807) is 0 Å². The van der Waals surface area contributed by atoms with Gasteiger partial charge in [0.15, 0.2) is 0 Å². The van der Waals surface area contributed by atoms with Crippen LogP contribution >= 0.6 is 0 Å². The first kappa shape index (κ1) is 33.6. The Morgan fingerprint density at radius 2 is 0.944 bits per heavy atom. The molecule has 54 heavy (non-hydrogen) atoms. The van der Waals surface area contributed by atoms with Crippen LogP contribution in [0.15, 0.2) is 200 Å². The molecule has 0 atom stereocenters. The summed E-state index contributed by atoms with van der Waals surface area (Å²) < 4.78 is 0. The molecule has 7 aromatic rings. The van der Waals surface area contributed by atoms with E-state index in [1.807, 2.05) is 36.4 Å². The third-order valence-corrected chi connectivity index (χ3v) is 11.8. The molecule has 1 spiro atoms. The summed E-state index contributed by atoms with van der Waals surface area (Å²) >= 11 is 0. The number of allylic oxidation sites excluding steroid dienone is 4. The van der Waals surface area contributed by atoms with Gasteiger partial charge >= 0.3 is 0 Å². The van der Waals surface area contributed by atoms with Crippen molar-refractivity contribution >= 4 is 22.6 Å². The third-order valence-electron chi connectivity index (χ3n) is 11.8. The second-order valence-corrected chi connectivity index (χ2v) is 15.2. The Morgan fingerprint density at radius 1 is 0.463 bits per heavy atom. The Labute approximate surface area is 320 Å². The lowest BCUT2D eigenvalue weighted by Crippen LogP contribution is -2.41. The molecule has 0 bridgehead atoms. The molecular formula is C53H45N. The Hall–Kier alpha value is -6.18. The molecule has 262 valence electrons. The number of benzene rings is 7. The van der Waals surface area contributed by atoms with Gasteiger partial charge in [-0.25, -0.2) is 0 Å². The summed E-state index contributed by atoms with van der Waals surface area (Å²) in [5.74, 6) is 0. The molecule has 0 heterocycles. The van der Waals surface area contributed by atoms with E-state index >= 15 is 0 Å². The molecule has 0 saturated heterocycles. The second-order valence-electron chi connectivity index (χ2n) is 15.2. The van der Waals surface area contributed by atoms with E-state index in [9.17, 15) is 0 Å². The fraction of sp³-hybridized carbons (Fsp3) is 0.132. The first-order valence-electron chi connectivity index (χ1n) is 19.3. The molecule has 0 radical (unpaired) electrons. The lowest BCUT2D eigenvalue weighted by Gasteiger charge is -2.47. The van der Waals surface area contributed by atoms with Crippen molar-refractivity contribution in [2.24, 2.45) is 0 Å². The third kappa shape index (κ3) is 5.38. The molecule has 7 aromatic carbocycles. The quantitative estimate of drug-likeness (QED) is 0.177. The normalized spacial score (nSPS) is 15.3. The Balaban J connectivity index is 0.000000586. The summed E-state index contributed by atoms with van der Waals surface area (Å²) in [6, 6.07) is 66.3. The van der Waals surface area contributed by atoms with Crippen molar-refractivity contribution in [2.45, 2.75) is 44.4 Å². The van der Waals surface area contributed by atoms with Crippen molar-refractivity contribution in [3.8, 4) is 11.1 Å². The average Bonchev–Trinajstić information content (AvgIpc) is 3.54. The maximum absolute atomic E-state index is 2.47. The van der Waals surface area contributed by atoms with Crippen LogP contribution in [-0.2, 0) is 10.8 Å². The zero-order valence-electron chi connectivity index (χ0n) is 31.3. The summed E-state index contributed by atoms with van der Waals surface area (Å²) in [7, 11) is 0. The van der Waals surface area contributed by atoms with Crippen molar-refractivity contribution in [1.82, 2.24) is 0 Å². The van der Waals surface area contributed by atoms with Crippen LogP contribution in [-0.4, -0.2) is 0 Å². The molecule has 1 nitrogen and oxygen atoms in total. The van der Waals surface area contributed by atoms with Gasteiger partial charge in [0.25, 0.3) is 0 Å². The number of rotatable bonds is 4. The predicted octanol–water partition coefficient (Wildman–Crippen LogP) is 13.9. The number of para-hydroxylation sites is 1. The standard InChI is InChI=1S/C47H39N.C6H6/c1-32-24-26-33(27-25-32)34-28-30-36(31-29-34)48(35-14-5-4-6-15-35)44-23-13-22-43-45(44)37-16-7-8-17-38(37)47(43)41-20-11-9-18-39(41)46(2,3)40-19-10-12-21-42(40)47;1-2-4-6-5-3-1/h4-7,9-16,18-31H,8,17H2,1-3H3;1-6H. The first-order valence-corrected chi connectivity index (χ1v) is 19.3. The van der Waals surface area contributed by atoms with E-state index < -0.39 is 0 Å². The number of anilines is 3. The first-order chi connectivity index (χ1) is 26.5. The molecule has 3 aliphatic carbocycles.